The van der Waals surface area contributed by atoms with Gasteiger partial charge in [0.1, 0.15) is 17.0 Å². The standard InChI is InChI=1S/C49H39N4O2.Pt/c1-30-22-31(2)48(32(3)23-30)52-29-51(41-15-8-9-16-42(41)52)34-12-11-13-35(25-34)54-36-18-19-37-39-28-46-40(38-14-7-10-17-45(38)55-46)27-44(39)53(43(37)26-36)47-24-33(20-21-50-47)49(4,5)6;/h7-24,27-29H,1-6H3;/q-3;. The molecule has 1 aliphatic rings. The summed E-state index contributed by atoms with van der Waals surface area (Å²) < 4.78 is 15.1. The van der Waals surface area contributed by atoms with Gasteiger partial charge in [-0.3, -0.25) is 0 Å². The minimum Gasteiger partial charge on any atom is -0.509 e. The van der Waals surface area contributed by atoms with Gasteiger partial charge >= 0.3 is 0 Å². The van der Waals surface area contributed by atoms with Crippen molar-refractivity contribution in [1.29, 1.82) is 0 Å². The van der Waals surface area contributed by atoms with Gasteiger partial charge in [-0.05, 0) is 90.7 Å². The molecular weight excluding hydrogens is 872 g/mol. The fourth-order valence-corrected chi connectivity index (χ4v) is 8.23. The average molecular weight is 911 g/mol. The van der Waals surface area contributed by atoms with Crippen molar-refractivity contribution in [2.24, 2.45) is 0 Å². The van der Waals surface area contributed by atoms with E-state index in [0.717, 1.165) is 66.6 Å². The van der Waals surface area contributed by atoms with E-state index in [2.05, 4.69) is 160 Å². The summed E-state index contributed by atoms with van der Waals surface area (Å²) in [6, 6.07) is 47.1. The number of furan rings is 1. The first-order valence-corrected chi connectivity index (χ1v) is 18.7. The van der Waals surface area contributed by atoms with Crippen LogP contribution < -0.4 is 14.5 Å². The zero-order valence-corrected chi connectivity index (χ0v) is 34.3. The number of aryl methyl sites for hydroxylation is 3. The molecule has 0 unspecified atom stereocenters. The number of rotatable bonds is 5. The van der Waals surface area contributed by atoms with Crippen LogP contribution >= 0.6 is 0 Å². The minimum absolute atomic E-state index is 0. The van der Waals surface area contributed by atoms with Crippen LogP contribution in [0.5, 0.6) is 11.5 Å². The smallest absolute Gasteiger partial charge is 0.135 e. The summed E-state index contributed by atoms with van der Waals surface area (Å²) in [5.74, 6) is 2.01. The van der Waals surface area contributed by atoms with Crippen LogP contribution in [0.1, 0.15) is 43.0 Å². The van der Waals surface area contributed by atoms with Gasteiger partial charge in [0.25, 0.3) is 0 Å². The zero-order valence-electron chi connectivity index (χ0n) is 32.0. The maximum Gasteiger partial charge on any atom is 0.135 e. The van der Waals surface area contributed by atoms with Crippen molar-refractivity contribution in [2.45, 2.75) is 47.0 Å². The Kier molecular flexibility index (Phi) is 8.59. The topological polar surface area (TPSA) is 46.7 Å². The molecule has 6 nitrogen and oxygen atoms in total. The van der Waals surface area contributed by atoms with Crippen molar-refractivity contribution >= 4 is 66.5 Å². The zero-order chi connectivity index (χ0) is 37.6. The van der Waals surface area contributed by atoms with Crippen molar-refractivity contribution < 1.29 is 30.2 Å². The minimum atomic E-state index is -0.0502. The summed E-state index contributed by atoms with van der Waals surface area (Å²) in [6.07, 6.45) is 1.90. The first-order valence-electron chi connectivity index (χ1n) is 18.7. The largest absolute Gasteiger partial charge is 0.509 e. The summed E-state index contributed by atoms with van der Waals surface area (Å²) >= 11 is 0. The van der Waals surface area contributed by atoms with Crippen LogP contribution in [0.2, 0.25) is 0 Å². The molecule has 0 aliphatic carbocycles. The molecule has 0 N–H and O–H groups in total. The second kappa shape index (κ2) is 13.4. The van der Waals surface area contributed by atoms with Crippen LogP contribution in [0, 0.1) is 39.6 Å². The molecule has 6 aromatic carbocycles. The maximum absolute atomic E-state index is 6.60. The number of nitrogens with zero attached hydrogens (tertiary/aromatic N) is 4. The molecule has 0 saturated carbocycles. The Morgan fingerprint density at radius 2 is 1.39 bits per heavy atom. The third-order valence-electron chi connectivity index (χ3n) is 10.7. The summed E-state index contributed by atoms with van der Waals surface area (Å²) in [4.78, 5) is 9.38. The third-order valence-corrected chi connectivity index (χ3v) is 10.7. The van der Waals surface area contributed by atoms with Crippen molar-refractivity contribution in [3.8, 4) is 17.3 Å². The summed E-state index contributed by atoms with van der Waals surface area (Å²) in [7, 11) is 0. The molecule has 0 bridgehead atoms. The molecule has 10 rings (SSSR count). The quantitative estimate of drug-likeness (QED) is 0.161. The maximum atomic E-state index is 6.60. The first-order chi connectivity index (χ1) is 26.6. The van der Waals surface area contributed by atoms with Crippen LogP contribution in [0.15, 0.2) is 126 Å². The van der Waals surface area contributed by atoms with E-state index >= 15 is 0 Å². The third kappa shape index (κ3) is 5.86. The van der Waals surface area contributed by atoms with Crippen molar-refractivity contribution in [3.05, 3.63) is 163 Å². The van der Waals surface area contributed by atoms with E-state index < -0.39 is 0 Å². The number of anilines is 4. The van der Waals surface area contributed by atoms with Crippen molar-refractivity contribution in [1.82, 2.24) is 9.55 Å². The fourth-order valence-electron chi connectivity index (χ4n) is 8.23. The normalized spacial score (nSPS) is 12.9. The van der Waals surface area contributed by atoms with Gasteiger partial charge in [0, 0.05) is 72.1 Å². The van der Waals surface area contributed by atoms with E-state index in [4.69, 9.17) is 14.1 Å². The monoisotopic (exact) mass is 910 g/mol. The molecule has 9 aromatic rings. The number of aromatic nitrogens is 2. The number of para-hydroxylation sites is 3. The van der Waals surface area contributed by atoms with E-state index in [9.17, 15) is 0 Å². The van der Waals surface area contributed by atoms with Gasteiger partial charge in [-0.2, -0.15) is 12.1 Å². The molecule has 7 heteroatoms. The van der Waals surface area contributed by atoms with Gasteiger partial charge in [-0.15, -0.1) is 48.1 Å². The Hall–Kier alpha value is -5.84. The Balaban J connectivity index is 0.00000410. The molecular formula is C49H39N4O2Pt-3. The second-order valence-electron chi connectivity index (χ2n) is 15.6. The van der Waals surface area contributed by atoms with E-state index in [1.165, 1.54) is 27.9 Å². The summed E-state index contributed by atoms with van der Waals surface area (Å²) in [5, 5.41) is 4.25. The first kappa shape index (κ1) is 35.8. The number of fused-ring (bicyclic) bond motifs is 7. The summed E-state index contributed by atoms with van der Waals surface area (Å²) in [5.41, 5.74) is 12.8. The predicted molar refractivity (Wildman–Crippen MR) is 224 cm³/mol. The molecule has 56 heavy (non-hydrogen) atoms. The predicted octanol–water partition coefficient (Wildman–Crippen LogP) is 13.1. The van der Waals surface area contributed by atoms with Crippen LogP contribution in [0.3, 0.4) is 0 Å². The van der Waals surface area contributed by atoms with Crippen molar-refractivity contribution in [2.75, 3.05) is 9.80 Å². The molecule has 0 atom stereocenters. The van der Waals surface area contributed by atoms with Crippen LogP contribution in [0.25, 0.3) is 49.6 Å². The van der Waals surface area contributed by atoms with Crippen molar-refractivity contribution in [3.63, 3.8) is 0 Å². The van der Waals surface area contributed by atoms with Gasteiger partial charge in [0.2, 0.25) is 0 Å². The summed E-state index contributed by atoms with van der Waals surface area (Å²) in [6.45, 7) is 15.3. The molecule has 0 saturated heterocycles. The molecule has 1 aliphatic heterocycles. The van der Waals surface area contributed by atoms with E-state index in [1.807, 2.05) is 36.5 Å². The average Bonchev–Trinajstić information content (AvgIpc) is 3.83. The molecule has 0 radical (unpaired) electrons. The molecule has 4 heterocycles. The Labute approximate surface area is 341 Å². The van der Waals surface area contributed by atoms with E-state index in [0.29, 0.717) is 11.5 Å². The molecule has 0 fully saturated rings. The van der Waals surface area contributed by atoms with Gasteiger partial charge in [-0.1, -0.05) is 74.3 Å². The molecule has 280 valence electrons. The number of hydrogen-bond donors (Lipinski definition) is 0. The van der Waals surface area contributed by atoms with Gasteiger partial charge in [0.05, 0.1) is 0 Å². The SMILES string of the molecule is Cc1cc(C)c(N2[CH-]N(c3[c-]c(Oc4[c-]c5c(cc4)c4cc6oc7ccccc7c6cc4n5-c4cc(C(C)(C)C)ccn4)ccc3)c3ccccc32)c(C)c1.[Pt]. The van der Waals surface area contributed by atoms with Crippen LogP contribution in [-0.2, 0) is 26.5 Å². The second-order valence-corrected chi connectivity index (χ2v) is 15.6. The van der Waals surface area contributed by atoms with Gasteiger partial charge in [0.15, 0.2) is 0 Å². The van der Waals surface area contributed by atoms with E-state index in [-0.39, 0.29) is 26.5 Å². The van der Waals surface area contributed by atoms with Crippen LogP contribution in [-0.4, -0.2) is 9.55 Å². The van der Waals surface area contributed by atoms with Gasteiger partial charge < -0.3 is 23.5 Å². The van der Waals surface area contributed by atoms with Crippen LogP contribution in [0.4, 0.5) is 22.7 Å². The molecule has 0 spiro atoms. The Morgan fingerprint density at radius 3 is 2.18 bits per heavy atom. The molecule has 0 amide bonds. The Bertz CT molecular complexity index is 2970. The Morgan fingerprint density at radius 1 is 0.661 bits per heavy atom. The number of benzene rings is 6. The number of ether oxygens (including phenoxy) is 1. The van der Waals surface area contributed by atoms with Gasteiger partial charge in [-0.25, -0.2) is 4.98 Å². The van der Waals surface area contributed by atoms with E-state index in [1.54, 1.807) is 0 Å². The number of pyridine rings is 1. The fraction of sp³-hybridized carbons (Fsp3) is 0.143. The molecule has 3 aromatic heterocycles. The number of hydrogen-bond acceptors (Lipinski definition) is 5.